The highest BCUT2D eigenvalue weighted by atomic mass is 16.5. The first-order valence-electron chi connectivity index (χ1n) is 8.60. The Morgan fingerprint density at radius 2 is 1.78 bits per heavy atom. The zero-order valence-electron chi connectivity index (χ0n) is 15.2. The molecule has 0 radical (unpaired) electrons. The van der Waals surface area contributed by atoms with E-state index in [4.69, 9.17) is 15.2 Å². The van der Waals surface area contributed by atoms with Crippen molar-refractivity contribution in [1.29, 1.82) is 0 Å². The number of nitrogens with one attached hydrogen (secondary N) is 1. The molecule has 138 valence electrons. The van der Waals surface area contributed by atoms with Crippen molar-refractivity contribution in [2.24, 2.45) is 0 Å². The van der Waals surface area contributed by atoms with Crippen molar-refractivity contribution in [2.75, 3.05) is 17.7 Å². The smallest absolute Gasteiger partial charge is 0.259 e. The van der Waals surface area contributed by atoms with Crippen molar-refractivity contribution in [2.45, 2.75) is 13.8 Å². The molecule has 0 bridgehead atoms. The molecule has 3 N–H and O–H groups in total. The molecule has 6 nitrogen and oxygen atoms in total. The Bertz CT molecular complexity index is 940. The van der Waals surface area contributed by atoms with E-state index >= 15 is 0 Å². The average molecular weight is 363 g/mol. The quantitative estimate of drug-likeness (QED) is 0.677. The van der Waals surface area contributed by atoms with E-state index in [2.05, 4.69) is 10.3 Å². The van der Waals surface area contributed by atoms with Gasteiger partial charge in [0.25, 0.3) is 5.91 Å². The van der Waals surface area contributed by atoms with Gasteiger partial charge in [0.15, 0.2) is 0 Å². The normalized spacial score (nSPS) is 10.3. The number of aromatic nitrogens is 1. The van der Waals surface area contributed by atoms with E-state index in [1.54, 1.807) is 30.3 Å². The zero-order valence-corrected chi connectivity index (χ0v) is 15.2. The molecular weight excluding hydrogens is 342 g/mol. The molecule has 3 aromatic rings. The SMILES string of the molecule is CCOc1ccc(Oc2cccc(NC(=O)c3ccc(C)nc3N)c2)cc1. The zero-order chi connectivity index (χ0) is 19.2. The summed E-state index contributed by atoms with van der Waals surface area (Å²) in [5.41, 5.74) is 7.53. The van der Waals surface area contributed by atoms with Crippen LogP contribution in [0.3, 0.4) is 0 Å². The van der Waals surface area contributed by atoms with Crippen LogP contribution in [0.5, 0.6) is 17.2 Å². The van der Waals surface area contributed by atoms with E-state index in [-0.39, 0.29) is 11.7 Å². The van der Waals surface area contributed by atoms with Crippen molar-refractivity contribution in [3.63, 3.8) is 0 Å². The molecular formula is C21H21N3O3. The number of nitrogen functional groups attached to an aromatic ring is 1. The van der Waals surface area contributed by atoms with E-state index in [1.165, 1.54) is 0 Å². The van der Waals surface area contributed by atoms with Crippen LogP contribution in [0.1, 0.15) is 23.0 Å². The Morgan fingerprint density at radius 1 is 1.04 bits per heavy atom. The Kier molecular flexibility index (Phi) is 5.56. The van der Waals surface area contributed by atoms with Gasteiger partial charge in [-0.2, -0.15) is 0 Å². The topological polar surface area (TPSA) is 86.5 Å². The largest absolute Gasteiger partial charge is 0.494 e. The summed E-state index contributed by atoms with van der Waals surface area (Å²) in [5, 5.41) is 2.81. The summed E-state index contributed by atoms with van der Waals surface area (Å²) in [6.45, 7) is 4.37. The summed E-state index contributed by atoms with van der Waals surface area (Å²) >= 11 is 0. The second-order valence-corrected chi connectivity index (χ2v) is 5.87. The number of pyridine rings is 1. The van der Waals surface area contributed by atoms with Gasteiger partial charge in [0, 0.05) is 17.4 Å². The van der Waals surface area contributed by atoms with Gasteiger partial charge in [-0.3, -0.25) is 4.79 Å². The molecule has 0 aliphatic heterocycles. The number of rotatable bonds is 6. The van der Waals surface area contributed by atoms with E-state index in [1.807, 2.05) is 44.2 Å². The lowest BCUT2D eigenvalue weighted by molar-refractivity contribution is 0.102. The molecule has 1 aromatic heterocycles. The lowest BCUT2D eigenvalue weighted by Crippen LogP contribution is -2.15. The van der Waals surface area contributed by atoms with Gasteiger partial charge in [0.2, 0.25) is 0 Å². The molecule has 0 aliphatic rings. The lowest BCUT2D eigenvalue weighted by Gasteiger charge is -2.10. The molecule has 6 heteroatoms. The number of ether oxygens (including phenoxy) is 2. The van der Waals surface area contributed by atoms with Crippen molar-refractivity contribution in [1.82, 2.24) is 4.98 Å². The van der Waals surface area contributed by atoms with Gasteiger partial charge in [0.1, 0.15) is 23.1 Å². The summed E-state index contributed by atoms with van der Waals surface area (Å²) < 4.78 is 11.2. The number of aryl methyl sites for hydroxylation is 1. The highest BCUT2D eigenvalue weighted by molar-refractivity contribution is 6.07. The third kappa shape index (κ3) is 4.76. The maximum Gasteiger partial charge on any atom is 0.259 e. The highest BCUT2D eigenvalue weighted by Crippen LogP contribution is 2.26. The van der Waals surface area contributed by atoms with Gasteiger partial charge in [-0.15, -0.1) is 0 Å². The van der Waals surface area contributed by atoms with Crippen LogP contribution in [-0.4, -0.2) is 17.5 Å². The third-order valence-electron chi connectivity index (χ3n) is 3.77. The van der Waals surface area contributed by atoms with Gasteiger partial charge in [-0.1, -0.05) is 6.07 Å². The molecule has 0 atom stereocenters. The maximum atomic E-state index is 12.4. The first-order valence-corrected chi connectivity index (χ1v) is 8.60. The van der Waals surface area contributed by atoms with Crippen molar-refractivity contribution in [3.8, 4) is 17.2 Å². The first kappa shape index (κ1) is 18.3. The number of anilines is 2. The Balaban J connectivity index is 1.70. The number of nitrogens with two attached hydrogens (primary N) is 1. The third-order valence-corrected chi connectivity index (χ3v) is 3.77. The van der Waals surface area contributed by atoms with Crippen LogP contribution in [-0.2, 0) is 0 Å². The molecule has 27 heavy (non-hydrogen) atoms. The van der Waals surface area contributed by atoms with Crippen molar-refractivity contribution in [3.05, 3.63) is 71.9 Å². The van der Waals surface area contributed by atoms with Crippen molar-refractivity contribution < 1.29 is 14.3 Å². The minimum atomic E-state index is -0.321. The minimum absolute atomic E-state index is 0.203. The van der Waals surface area contributed by atoms with Gasteiger partial charge in [-0.05, 0) is 62.4 Å². The van der Waals surface area contributed by atoms with Crippen LogP contribution in [0, 0.1) is 6.92 Å². The van der Waals surface area contributed by atoms with Gasteiger partial charge < -0.3 is 20.5 Å². The summed E-state index contributed by atoms with van der Waals surface area (Å²) in [5.74, 6) is 1.95. The second-order valence-electron chi connectivity index (χ2n) is 5.87. The van der Waals surface area contributed by atoms with Gasteiger partial charge >= 0.3 is 0 Å². The Hall–Kier alpha value is -3.54. The first-order chi connectivity index (χ1) is 13.0. The Labute approximate surface area is 158 Å². The fourth-order valence-corrected chi connectivity index (χ4v) is 2.51. The lowest BCUT2D eigenvalue weighted by atomic mass is 10.2. The van der Waals surface area contributed by atoms with Crippen LogP contribution in [0.4, 0.5) is 11.5 Å². The summed E-state index contributed by atoms with van der Waals surface area (Å²) in [6, 6.07) is 17.9. The molecule has 0 spiro atoms. The van der Waals surface area contributed by atoms with Crippen LogP contribution in [0.2, 0.25) is 0 Å². The van der Waals surface area contributed by atoms with Crippen LogP contribution in [0.15, 0.2) is 60.7 Å². The van der Waals surface area contributed by atoms with Crippen LogP contribution >= 0.6 is 0 Å². The van der Waals surface area contributed by atoms with Crippen LogP contribution in [0.25, 0.3) is 0 Å². The predicted molar refractivity (Wildman–Crippen MR) is 105 cm³/mol. The highest BCUT2D eigenvalue weighted by Gasteiger charge is 2.11. The molecule has 1 amide bonds. The summed E-state index contributed by atoms with van der Waals surface area (Å²) in [4.78, 5) is 16.5. The minimum Gasteiger partial charge on any atom is -0.494 e. The van der Waals surface area contributed by atoms with E-state index in [9.17, 15) is 4.79 Å². The molecule has 1 heterocycles. The number of amides is 1. The number of carbonyl (C=O) groups is 1. The molecule has 0 aliphatic carbocycles. The molecule has 0 saturated carbocycles. The number of carbonyl (C=O) groups excluding carboxylic acids is 1. The fourth-order valence-electron chi connectivity index (χ4n) is 2.51. The standard InChI is InChI=1S/C21H21N3O3/c1-3-26-16-8-10-17(11-9-16)27-18-6-4-5-15(13-18)24-21(25)19-12-7-14(2)23-20(19)22/h4-13H,3H2,1-2H3,(H2,22,23)(H,24,25). The molecule has 0 unspecified atom stereocenters. The van der Waals surface area contributed by atoms with Crippen molar-refractivity contribution >= 4 is 17.4 Å². The fraction of sp³-hybridized carbons (Fsp3) is 0.143. The van der Waals surface area contributed by atoms with Crippen LogP contribution < -0.4 is 20.5 Å². The van der Waals surface area contributed by atoms with E-state index < -0.39 is 0 Å². The average Bonchev–Trinajstić information content (AvgIpc) is 2.64. The Morgan fingerprint density at radius 3 is 2.48 bits per heavy atom. The van der Waals surface area contributed by atoms with E-state index in [0.29, 0.717) is 29.4 Å². The molecule has 0 fully saturated rings. The molecule has 2 aromatic carbocycles. The summed E-state index contributed by atoms with van der Waals surface area (Å²) in [7, 11) is 0. The number of hydrogen-bond donors (Lipinski definition) is 2. The molecule has 0 saturated heterocycles. The molecule has 3 rings (SSSR count). The van der Waals surface area contributed by atoms with Gasteiger partial charge in [-0.25, -0.2) is 4.98 Å². The number of hydrogen-bond acceptors (Lipinski definition) is 5. The predicted octanol–water partition coefficient (Wildman–Crippen LogP) is 4.42. The number of nitrogens with zero attached hydrogens (tertiary/aromatic N) is 1. The maximum absolute atomic E-state index is 12.4. The van der Waals surface area contributed by atoms with E-state index in [0.717, 1.165) is 11.4 Å². The van der Waals surface area contributed by atoms with Gasteiger partial charge in [0.05, 0.1) is 12.2 Å². The summed E-state index contributed by atoms with van der Waals surface area (Å²) in [6.07, 6.45) is 0. The monoisotopic (exact) mass is 363 g/mol. The second kappa shape index (κ2) is 8.23. The number of benzene rings is 2.